The number of aromatic nitrogens is 2. The molecule has 0 aliphatic heterocycles. The van der Waals surface area contributed by atoms with Crippen molar-refractivity contribution in [2.24, 2.45) is 0 Å². The standard InChI is InChI=1S/C18H19N3O2/c1-14(17-4-3-11-22-17)21(2)13-15-5-7-16(8-6-15)23-18-12-19-9-10-20-18/h3-12,14H,13H2,1-2H3. The molecule has 1 unspecified atom stereocenters. The second-order valence-corrected chi connectivity index (χ2v) is 5.40. The molecule has 0 fully saturated rings. The fraction of sp³-hybridized carbons (Fsp3) is 0.222. The summed E-state index contributed by atoms with van der Waals surface area (Å²) < 4.78 is 11.1. The summed E-state index contributed by atoms with van der Waals surface area (Å²) in [5, 5.41) is 0. The molecular weight excluding hydrogens is 290 g/mol. The molecule has 5 heteroatoms. The third kappa shape index (κ3) is 3.96. The Labute approximate surface area is 135 Å². The number of ether oxygens (including phenoxy) is 1. The molecule has 0 radical (unpaired) electrons. The summed E-state index contributed by atoms with van der Waals surface area (Å²) in [5.74, 6) is 2.20. The Morgan fingerprint density at radius 3 is 2.65 bits per heavy atom. The number of rotatable bonds is 6. The first-order valence-corrected chi connectivity index (χ1v) is 7.49. The van der Waals surface area contributed by atoms with E-state index < -0.39 is 0 Å². The summed E-state index contributed by atoms with van der Waals surface area (Å²) in [6, 6.07) is 12.1. The number of benzene rings is 1. The summed E-state index contributed by atoms with van der Waals surface area (Å²) in [6.07, 6.45) is 6.52. The lowest BCUT2D eigenvalue weighted by atomic mass is 10.1. The van der Waals surface area contributed by atoms with Gasteiger partial charge >= 0.3 is 0 Å². The van der Waals surface area contributed by atoms with Gasteiger partial charge in [0.1, 0.15) is 11.5 Å². The van der Waals surface area contributed by atoms with Crippen LogP contribution in [0.1, 0.15) is 24.3 Å². The minimum Gasteiger partial charge on any atom is -0.468 e. The fourth-order valence-corrected chi connectivity index (χ4v) is 2.29. The first-order valence-electron chi connectivity index (χ1n) is 7.49. The highest BCUT2D eigenvalue weighted by molar-refractivity contribution is 5.30. The van der Waals surface area contributed by atoms with E-state index in [1.165, 1.54) is 5.56 Å². The molecule has 2 aromatic heterocycles. The Morgan fingerprint density at radius 2 is 2.00 bits per heavy atom. The molecule has 0 spiro atoms. The van der Waals surface area contributed by atoms with Gasteiger partial charge in [-0.05, 0) is 43.8 Å². The maximum Gasteiger partial charge on any atom is 0.237 e. The average molecular weight is 309 g/mol. The third-order valence-corrected chi connectivity index (χ3v) is 3.73. The van der Waals surface area contributed by atoms with Crippen LogP contribution in [0.5, 0.6) is 11.6 Å². The van der Waals surface area contributed by atoms with Crippen LogP contribution in [0.3, 0.4) is 0 Å². The van der Waals surface area contributed by atoms with Crippen LogP contribution in [0.2, 0.25) is 0 Å². The van der Waals surface area contributed by atoms with E-state index in [4.69, 9.17) is 9.15 Å². The lowest BCUT2D eigenvalue weighted by Crippen LogP contribution is -2.21. The molecule has 118 valence electrons. The molecule has 1 aromatic carbocycles. The topological polar surface area (TPSA) is 51.4 Å². The van der Waals surface area contributed by atoms with E-state index in [9.17, 15) is 0 Å². The molecule has 3 aromatic rings. The van der Waals surface area contributed by atoms with Crippen molar-refractivity contribution in [2.75, 3.05) is 7.05 Å². The van der Waals surface area contributed by atoms with Gasteiger partial charge in [-0.1, -0.05) is 12.1 Å². The highest BCUT2D eigenvalue weighted by Crippen LogP contribution is 2.23. The van der Waals surface area contributed by atoms with Crippen LogP contribution in [0.15, 0.2) is 65.7 Å². The number of nitrogens with zero attached hydrogens (tertiary/aromatic N) is 3. The van der Waals surface area contributed by atoms with E-state index in [-0.39, 0.29) is 6.04 Å². The van der Waals surface area contributed by atoms with Crippen molar-refractivity contribution in [3.8, 4) is 11.6 Å². The van der Waals surface area contributed by atoms with Gasteiger partial charge in [-0.2, -0.15) is 0 Å². The second kappa shape index (κ2) is 7.07. The Bertz CT molecular complexity index is 712. The molecule has 0 saturated heterocycles. The third-order valence-electron chi connectivity index (χ3n) is 3.73. The Balaban J connectivity index is 1.61. The molecule has 1 atom stereocenters. The van der Waals surface area contributed by atoms with Crippen molar-refractivity contribution in [3.05, 3.63) is 72.6 Å². The van der Waals surface area contributed by atoms with Gasteiger partial charge in [-0.25, -0.2) is 4.98 Å². The number of hydrogen-bond donors (Lipinski definition) is 0. The molecule has 0 saturated carbocycles. The molecule has 5 nitrogen and oxygen atoms in total. The van der Waals surface area contributed by atoms with Crippen LogP contribution < -0.4 is 4.74 Å². The molecule has 3 rings (SSSR count). The molecular formula is C18H19N3O2. The fourth-order valence-electron chi connectivity index (χ4n) is 2.29. The van der Waals surface area contributed by atoms with Gasteiger partial charge in [0.05, 0.1) is 18.5 Å². The van der Waals surface area contributed by atoms with E-state index >= 15 is 0 Å². The van der Waals surface area contributed by atoms with Crippen molar-refractivity contribution in [1.29, 1.82) is 0 Å². The van der Waals surface area contributed by atoms with E-state index in [1.54, 1.807) is 24.9 Å². The molecule has 0 amide bonds. The zero-order valence-electron chi connectivity index (χ0n) is 13.2. The Kier molecular flexibility index (Phi) is 4.68. The largest absolute Gasteiger partial charge is 0.468 e. The molecule has 23 heavy (non-hydrogen) atoms. The highest BCUT2D eigenvalue weighted by atomic mass is 16.5. The number of furan rings is 1. The van der Waals surface area contributed by atoms with Gasteiger partial charge in [-0.3, -0.25) is 9.88 Å². The van der Waals surface area contributed by atoms with Crippen molar-refractivity contribution in [2.45, 2.75) is 19.5 Å². The molecule has 2 heterocycles. The molecule has 0 aliphatic carbocycles. The molecule has 0 N–H and O–H groups in total. The predicted octanol–water partition coefficient (Wildman–Crippen LogP) is 4.05. The maximum absolute atomic E-state index is 5.64. The van der Waals surface area contributed by atoms with E-state index in [0.717, 1.165) is 18.1 Å². The minimum absolute atomic E-state index is 0.223. The van der Waals surface area contributed by atoms with E-state index in [2.05, 4.69) is 41.0 Å². The van der Waals surface area contributed by atoms with E-state index in [0.29, 0.717) is 5.88 Å². The van der Waals surface area contributed by atoms with Crippen molar-refractivity contribution < 1.29 is 9.15 Å². The first kappa shape index (κ1) is 15.2. The normalized spacial score (nSPS) is 12.3. The van der Waals surface area contributed by atoms with Crippen LogP contribution in [0.25, 0.3) is 0 Å². The summed E-state index contributed by atoms with van der Waals surface area (Å²) in [7, 11) is 2.08. The summed E-state index contributed by atoms with van der Waals surface area (Å²) in [4.78, 5) is 10.3. The minimum atomic E-state index is 0.223. The van der Waals surface area contributed by atoms with Crippen molar-refractivity contribution >= 4 is 0 Å². The van der Waals surface area contributed by atoms with Crippen LogP contribution in [-0.4, -0.2) is 21.9 Å². The predicted molar refractivity (Wildman–Crippen MR) is 87.1 cm³/mol. The van der Waals surface area contributed by atoms with Gasteiger partial charge in [0.25, 0.3) is 0 Å². The van der Waals surface area contributed by atoms with Gasteiger partial charge in [-0.15, -0.1) is 0 Å². The second-order valence-electron chi connectivity index (χ2n) is 5.40. The van der Waals surface area contributed by atoms with Crippen LogP contribution in [-0.2, 0) is 6.54 Å². The van der Waals surface area contributed by atoms with Gasteiger partial charge in [0.2, 0.25) is 5.88 Å². The lowest BCUT2D eigenvalue weighted by molar-refractivity contribution is 0.223. The average Bonchev–Trinajstić information content (AvgIpc) is 3.11. The van der Waals surface area contributed by atoms with Crippen LogP contribution >= 0.6 is 0 Å². The van der Waals surface area contributed by atoms with Gasteiger partial charge < -0.3 is 9.15 Å². The van der Waals surface area contributed by atoms with Crippen LogP contribution in [0, 0.1) is 0 Å². The smallest absolute Gasteiger partial charge is 0.237 e. The first-order chi connectivity index (χ1) is 11.2. The van der Waals surface area contributed by atoms with E-state index in [1.807, 2.05) is 24.3 Å². The van der Waals surface area contributed by atoms with Gasteiger partial charge in [0, 0.05) is 18.9 Å². The van der Waals surface area contributed by atoms with Crippen LogP contribution in [0.4, 0.5) is 0 Å². The quantitative estimate of drug-likeness (QED) is 0.687. The Hall–Kier alpha value is -2.66. The maximum atomic E-state index is 5.64. The SMILES string of the molecule is CC(c1ccco1)N(C)Cc1ccc(Oc2cnccn2)cc1. The summed E-state index contributed by atoms with van der Waals surface area (Å²) >= 11 is 0. The lowest BCUT2D eigenvalue weighted by Gasteiger charge is -2.23. The van der Waals surface area contributed by atoms with Gasteiger partial charge in [0.15, 0.2) is 0 Å². The number of hydrogen-bond acceptors (Lipinski definition) is 5. The summed E-state index contributed by atoms with van der Waals surface area (Å²) in [5.41, 5.74) is 1.21. The summed E-state index contributed by atoms with van der Waals surface area (Å²) in [6.45, 7) is 2.96. The zero-order chi connectivity index (χ0) is 16.1. The molecule has 0 bridgehead atoms. The monoisotopic (exact) mass is 309 g/mol. The van der Waals surface area contributed by atoms with Crippen molar-refractivity contribution in [3.63, 3.8) is 0 Å². The Morgan fingerprint density at radius 1 is 1.17 bits per heavy atom. The zero-order valence-corrected chi connectivity index (χ0v) is 13.2. The van der Waals surface area contributed by atoms with Crippen molar-refractivity contribution in [1.82, 2.24) is 14.9 Å². The molecule has 0 aliphatic rings. The highest BCUT2D eigenvalue weighted by Gasteiger charge is 2.14.